The molecular formula is C17H20N4O4S. The van der Waals surface area contributed by atoms with Crippen LogP contribution in [-0.2, 0) is 16.0 Å². The van der Waals surface area contributed by atoms with Gasteiger partial charge in [0.2, 0.25) is 11.8 Å². The van der Waals surface area contributed by atoms with E-state index in [9.17, 15) is 14.4 Å². The number of nitrogens with one attached hydrogen (secondary N) is 2. The first-order chi connectivity index (χ1) is 12.3. The third-order valence-corrected chi connectivity index (χ3v) is 3.91. The van der Waals surface area contributed by atoms with E-state index in [0.717, 1.165) is 0 Å². The number of rotatable bonds is 7. The molecule has 1 aromatic carbocycles. The second-order valence-electron chi connectivity index (χ2n) is 5.93. The SMILES string of the molecule is CC(C)COC(=O)Nc1nc(CC(=O)Nc2ccc(C(N)=O)cc2)cs1. The van der Waals surface area contributed by atoms with Crippen LogP contribution in [0.15, 0.2) is 29.6 Å². The molecule has 0 aliphatic rings. The van der Waals surface area contributed by atoms with E-state index in [4.69, 9.17) is 10.5 Å². The Morgan fingerprint density at radius 3 is 2.50 bits per heavy atom. The van der Waals surface area contributed by atoms with Gasteiger partial charge >= 0.3 is 6.09 Å². The molecule has 0 spiro atoms. The van der Waals surface area contributed by atoms with Gasteiger partial charge in [-0.1, -0.05) is 13.8 Å². The van der Waals surface area contributed by atoms with Crippen molar-refractivity contribution in [1.29, 1.82) is 0 Å². The molecule has 0 unspecified atom stereocenters. The predicted octanol–water partition coefficient (Wildman–Crippen LogP) is 2.63. The van der Waals surface area contributed by atoms with Gasteiger partial charge in [0.05, 0.1) is 18.7 Å². The summed E-state index contributed by atoms with van der Waals surface area (Å²) >= 11 is 1.21. The molecule has 0 saturated carbocycles. The molecular weight excluding hydrogens is 356 g/mol. The highest BCUT2D eigenvalue weighted by atomic mass is 32.1. The Balaban J connectivity index is 1.85. The average molecular weight is 376 g/mol. The number of hydrogen-bond donors (Lipinski definition) is 3. The molecule has 2 aromatic rings. The fourth-order valence-electron chi connectivity index (χ4n) is 1.90. The van der Waals surface area contributed by atoms with Gasteiger partial charge in [0.15, 0.2) is 5.13 Å². The van der Waals surface area contributed by atoms with Crippen LogP contribution in [0.25, 0.3) is 0 Å². The first kappa shape index (κ1) is 19.4. The second kappa shape index (κ2) is 8.95. The van der Waals surface area contributed by atoms with Crippen LogP contribution in [0.5, 0.6) is 0 Å². The number of nitrogens with zero attached hydrogens (tertiary/aromatic N) is 1. The van der Waals surface area contributed by atoms with Crippen LogP contribution < -0.4 is 16.4 Å². The number of hydrogen-bond acceptors (Lipinski definition) is 6. The predicted molar refractivity (Wildman–Crippen MR) is 99.2 cm³/mol. The molecule has 8 nitrogen and oxygen atoms in total. The molecule has 0 atom stereocenters. The van der Waals surface area contributed by atoms with Crippen molar-refractivity contribution in [2.75, 3.05) is 17.2 Å². The molecule has 0 radical (unpaired) electrons. The monoisotopic (exact) mass is 376 g/mol. The van der Waals surface area contributed by atoms with Crippen molar-refractivity contribution in [1.82, 2.24) is 4.98 Å². The van der Waals surface area contributed by atoms with Gasteiger partial charge in [0.25, 0.3) is 0 Å². The normalized spacial score (nSPS) is 10.4. The standard InChI is InChI=1S/C17H20N4O4S/c1-10(2)8-25-17(24)21-16-20-13(9-26-16)7-14(22)19-12-5-3-11(4-6-12)15(18)23/h3-6,9-10H,7-8H2,1-2H3,(H2,18,23)(H,19,22)(H,20,21,24). The van der Waals surface area contributed by atoms with Crippen LogP contribution in [-0.4, -0.2) is 29.5 Å². The number of ether oxygens (including phenoxy) is 1. The number of amides is 3. The van der Waals surface area contributed by atoms with Crippen LogP contribution in [0.4, 0.5) is 15.6 Å². The fraction of sp³-hybridized carbons (Fsp3) is 0.294. The van der Waals surface area contributed by atoms with Crippen molar-refractivity contribution in [2.45, 2.75) is 20.3 Å². The average Bonchev–Trinajstić information content (AvgIpc) is 3.00. The van der Waals surface area contributed by atoms with Crippen LogP contribution >= 0.6 is 11.3 Å². The zero-order valence-electron chi connectivity index (χ0n) is 14.4. The highest BCUT2D eigenvalue weighted by Crippen LogP contribution is 2.17. The molecule has 0 saturated heterocycles. The summed E-state index contributed by atoms with van der Waals surface area (Å²) in [7, 11) is 0. The highest BCUT2D eigenvalue weighted by Gasteiger charge is 2.11. The Labute approximate surface area is 154 Å². The lowest BCUT2D eigenvalue weighted by Crippen LogP contribution is -2.17. The third-order valence-electron chi connectivity index (χ3n) is 3.10. The molecule has 0 aliphatic heterocycles. The van der Waals surface area contributed by atoms with E-state index in [0.29, 0.717) is 28.7 Å². The molecule has 26 heavy (non-hydrogen) atoms. The zero-order valence-corrected chi connectivity index (χ0v) is 15.3. The van der Waals surface area contributed by atoms with Crippen molar-refractivity contribution >= 4 is 40.1 Å². The van der Waals surface area contributed by atoms with E-state index in [2.05, 4.69) is 15.6 Å². The van der Waals surface area contributed by atoms with Crippen LogP contribution in [0.2, 0.25) is 0 Å². The molecule has 1 aromatic heterocycles. The summed E-state index contributed by atoms with van der Waals surface area (Å²) in [6.07, 6.45) is -0.518. The molecule has 138 valence electrons. The molecule has 3 amide bonds. The van der Waals surface area contributed by atoms with Gasteiger partial charge in [-0.3, -0.25) is 14.9 Å². The zero-order chi connectivity index (χ0) is 19.1. The van der Waals surface area contributed by atoms with Crippen LogP contribution in [0.1, 0.15) is 29.9 Å². The van der Waals surface area contributed by atoms with Crippen molar-refractivity contribution in [2.24, 2.45) is 11.7 Å². The summed E-state index contributed by atoms with van der Waals surface area (Å²) in [5.74, 6) is -0.554. The molecule has 4 N–H and O–H groups in total. The van der Waals surface area contributed by atoms with E-state index in [1.165, 1.54) is 23.5 Å². The Hall–Kier alpha value is -2.94. The largest absolute Gasteiger partial charge is 0.449 e. The number of thiazole rings is 1. The third kappa shape index (κ3) is 6.17. The number of carbonyl (C=O) groups excluding carboxylic acids is 3. The minimum atomic E-state index is -0.571. The lowest BCUT2D eigenvalue weighted by molar-refractivity contribution is -0.115. The molecule has 0 fully saturated rings. The maximum absolute atomic E-state index is 12.1. The van der Waals surface area contributed by atoms with Gasteiger partial charge in [-0.15, -0.1) is 11.3 Å². The molecule has 0 bridgehead atoms. The number of benzene rings is 1. The van der Waals surface area contributed by atoms with Crippen molar-refractivity contribution in [3.8, 4) is 0 Å². The molecule has 0 aliphatic carbocycles. The summed E-state index contributed by atoms with van der Waals surface area (Å²) < 4.78 is 5.01. The van der Waals surface area contributed by atoms with E-state index < -0.39 is 12.0 Å². The van der Waals surface area contributed by atoms with Gasteiger partial charge in [0.1, 0.15) is 0 Å². The van der Waals surface area contributed by atoms with Crippen molar-refractivity contribution in [3.05, 3.63) is 40.9 Å². The van der Waals surface area contributed by atoms with Crippen molar-refractivity contribution in [3.63, 3.8) is 0 Å². The van der Waals surface area contributed by atoms with Gasteiger partial charge in [-0.25, -0.2) is 9.78 Å². The topological polar surface area (TPSA) is 123 Å². The number of aromatic nitrogens is 1. The van der Waals surface area contributed by atoms with E-state index in [-0.39, 0.29) is 18.2 Å². The summed E-state index contributed by atoms with van der Waals surface area (Å²) in [5, 5.41) is 7.29. The Morgan fingerprint density at radius 1 is 1.19 bits per heavy atom. The van der Waals surface area contributed by atoms with Gasteiger partial charge in [-0.2, -0.15) is 0 Å². The summed E-state index contributed by atoms with van der Waals surface area (Å²) in [6.45, 7) is 4.20. The highest BCUT2D eigenvalue weighted by molar-refractivity contribution is 7.13. The van der Waals surface area contributed by atoms with Gasteiger partial charge in [-0.05, 0) is 30.2 Å². The van der Waals surface area contributed by atoms with Crippen LogP contribution in [0.3, 0.4) is 0 Å². The fourth-order valence-corrected chi connectivity index (χ4v) is 2.59. The molecule has 9 heteroatoms. The summed E-state index contributed by atoms with van der Waals surface area (Å²) in [6, 6.07) is 6.25. The smallest absolute Gasteiger partial charge is 0.413 e. The summed E-state index contributed by atoms with van der Waals surface area (Å²) in [4.78, 5) is 38.8. The maximum Gasteiger partial charge on any atom is 0.413 e. The van der Waals surface area contributed by atoms with E-state index in [1.807, 2.05) is 13.8 Å². The summed E-state index contributed by atoms with van der Waals surface area (Å²) in [5.41, 5.74) is 6.60. The Bertz CT molecular complexity index is 786. The molecule has 1 heterocycles. The molecule has 2 rings (SSSR count). The first-order valence-corrected chi connectivity index (χ1v) is 8.79. The quantitative estimate of drug-likeness (QED) is 0.685. The van der Waals surface area contributed by atoms with E-state index in [1.54, 1.807) is 17.5 Å². The maximum atomic E-state index is 12.1. The number of carbonyl (C=O) groups is 3. The minimum Gasteiger partial charge on any atom is -0.449 e. The number of nitrogens with two attached hydrogens (primary N) is 1. The van der Waals surface area contributed by atoms with Crippen molar-refractivity contribution < 1.29 is 19.1 Å². The number of primary amides is 1. The second-order valence-corrected chi connectivity index (χ2v) is 6.79. The van der Waals surface area contributed by atoms with E-state index >= 15 is 0 Å². The number of anilines is 2. The Morgan fingerprint density at radius 2 is 1.88 bits per heavy atom. The first-order valence-electron chi connectivity index (χ1n) is 7.91. The van der Waals surface area contributed by atoms with Gasteiger partial charge in [0, 0.05) is 16.6 Å². The van der Waals surface area contributed by atoms with Gasteiger partial charge < -0.3 is 15.8 Å². The van der Waals surface area contributed by atoms with Crippen LogP contribution in [0, 0.1) is 5.92 Å². The lowest BCUT2D eigenvalue weighted by Gasteiger charge is -2.06. The lowest BCUT2D eigenvalue weighted by atomic mass is 10.2. The minimum absolute atomic E-state index is 0.0524. The Kier molecular flexibility index (Phi) is 6.67.